The molecule has 0 spiro atoms. The lowest BCUT2D eigenvalue weighted by atomic mass is 9.83. The molecule has 0 amide bonds. The summed E-state index contributed by atoms with van der Waals surface area (Å²) in [5, 5.41) is 4.94. The van der Waals surface area contributed by atoms with Gasteiger partial charge < -0.3 is 0 Å². The second-order valence-electron chi connectivity index (χ2n) is 9.54. The van der Waals surface area contributed by atoms with E-state index in [9.17, 15) is 0 Å². The molecule has 0 aliphatic rings. The van der Waals surface area contributed by atoms with E-state index in [1.165, 1.54) is 60.5 Å². The normalized spacial score (nSPS) is 11.1. The molecule has 0 radical (unpaired) electrons. The van der Waals surface area contributed by atoms with Crippen LogP contribution in [0.2, 0.25) is 0 Å². The summed E-state index contributed by atoms with van der Waals surface area (Å²) in [5.74, 6) is 0. The molecule has 0 bridgehead atoms. The summed E-state index contributed by atoms with van der Waals surface area (Å²) >= 11 is 0. The first kappa shape index (κ1) is 22.8. The Bertz CT molecular complexity index is 1800. The molecular weight excluding hydrogens is 444 g/mol. The first-order chi connectivity index (χ1) is 18.2. The van der Waals surface area contributed by atoms with E-state index in [2.05, 4.69) is 135 Å². The molecule has 0 aliphatic heterocycles. The van der Waals surface area contributed by atoms with Gasteiger partial charge in [0, 0.05) is 0 Å². The lowest BCUT2D eigenvalue weighted by Gasteiger charge is -2.20. The smallest absolute Gasteiger partial charge is 0.00264 e. The van der Waals surface area contributed by atoms with Gasteiger partial charge in [0.2, 0.25) is 0 Å². The molecule has 0 atom stereocenters. The fraction of sp³-hybridized carbons (Fsp3) is 0.0270. The van der Waals surface area contributed by atoms with Crippen LogP contribution in [0.3, 0.4) is 0 Å². The molecule has 176 valence electrons. The van der Waals surface area contributed by atoms with Crippen molar-refractivity contribution in [1.29, 1.82) is 0 Å². The zero-order valence-corrected chi connectivity index (χ0v) is 21.0. The Labute approximate surface area is 218 Å². The van der Waals surface area contributed by atoms with E-state index in [-0.39, 0.29) is 0 Å². The highest BCUT2D eigenvalue weighted by Crippen LogP contribution is 2.43. The van der Waals surface area contributed by atoms with Crippen molar-refractivity contribution >= 4 is 33.7 Å². The lowest BCUT2D eigenvalue weighted by molar-refractivity contribution is 1.47. The monoisotopic (exact) mass is 472 g/mol. The zero-order chi connectivity index (χ0) is 25.4. The van der Waals surface area contributed by atoms with Crippen LogP contribution in [0.4, 0.5) is 0 Å². The third-order valence-electron chi connectivity index (χ3n) is 7.28. The van der Waals surface area contributed by atoms with Crippen molar-refractivity contribution in [3.8, 4) is 33.4 Å². The molecule has 0 heterocycles. The molecule has 6 aromatic carbocycles. The van der Waals surface area contributed by atoms with Gasteiger partial charge in [-0.2, -0.15) is 0 Å². The fourth-order valence-corrected chi connectivity index (χ4v) is 5.47. The van der Waals surface area contributed by atoms with Crippen LogP contribution in [0, 0.1) is 6.92 Å². The lowest BCUT2D eigenvalue weighted by Crippen LogP contribution is -1.96. The van der Waals surface area contributed by atoms with Crippen LogP contribution in [0.15, 0.2) is 128 Å². The fourth-order valence-electron chi connectivity index (χ4n) is 5.47. The quantitative estimate of drug-likeness (QED) is 0.234. The van der Waals surface area contributed by atoms with E-state index in [1.807, 2.05) is 12.2 Å². The number of aryl methyl sites for hydroxylation is 1. The first-order valence-electron chi connectivity index (χ1n) is 12.7. The Morgan fingerprint density at radius 1 is 0.459 bits per heavy atom. The Hall–Kier alpha value is -4.68. The van der Waals surface area contributed by atoms with E-state index in [1.54, 1.807) is 0 Å². The molecule has 6 aromatic rings. The minimum atomic E-state index is 1.11. The van der Waals surface area contributed by atoms with Gasteiger partial charge in [-0.15, -0.1) is 0 Å². The molecule has 0 fully saturated rings. The third kappa shape index (κ3) is 3.97. The van der Waals surface area contributed by atoms with Crippen molar-refractivity contribution in [3.05, 3.63) is 145 Å². The predicted molar refractivity (Wildman–Crippen MR) is 163 cm³/mol. The summed E-state index contributed by atoms with van der Waals surface area (Å²) in [6.45, 7) is 10.6. The largest absolute Gasteiger partial charge is 0.0984 e. The average molecular weight is 473 g/mol. The van der Waals surface area contributed by atoms with Gasteiger partial charge in [-0.3, -0.25) is 0 Å². The average Bonchev–Trinajstić information content (AvgIpc) is 2.96. The predicted octanol–water partition coefficient (Wildman–Crippen LogP) is 10.6. The molecular formula is C37H28. The topological polar surface area (TPSA) is 0 Å². The maximum Gasteiger partial charge on any atom is -0.00264 e. The van der Waals surface area contributed by atoms with Crippen molar-refractivity contribution in [2.24, 2.45) is 0 Å². The SMILES string of the molecule is C=Cc1c(C=C)c(-c2cccc(-c3ccc4ccccc4c3)c2)c2ccccc2c1-c1ccc(C)cc1. The van der Waals surface area contributed by atoms with Crippen LogP contribution in [0.25, 0.3) is 67.1 Å². The van der Waals surface area contributed by atoms with Crippen molar-refractivity contribution < 1.29 is 0 Å². The highest BCUT2D eigenvalue weighted by molar-refractivity contribution is 6.11. The van der Waals surface area contributed by atoms with Gasteiger partial charge in [0.1, 0.15) is 0 Å². The number of hydrogen-bond donors (Lipinski definition) is 0. The Kier molecular flexibility index (Phi) is 5.79. The highest BCUT2D eigenvalue weighted by Gasteiger charge is 2.19. The summed E-state index contributed by atoms with van der Waals surface area (Å²) in [5.41, 5.74) is 10.7. The molecule has 6 rings (SSSR count). The van der Waals surface area contributed by atoms with Crippen molar-refractivity contribution in [3.63, 3.8) is 0 Å². The van der Waals surface area contributed by atoms with Crippen LogP contribution in [0.1, 0.15) is 16.7 Å². The van der Waals surface area contributed by atoms with E-state index in [0.717, 1.165) is 11.1 Å². The molecule has 37 heavy (non-hydrogen) atoms. The second-order valence-corrected chi connectivity index (χ2v) is 9.54. The van der Waals surface area contributed by atoms with E-state index < -0.39 is 0 Å². The summed E-state index contributed by atoms with van der Waals surface area (Å²) in [7, 11) is 0. The summed E-state index contributed by atoms with van der Waals surface area (Å²) in [6.07, 6.45) is 3.97. The van der Waals surface area contributed by atoms with Gasteiger partial charge >= 0.3 is 0 Å². The number of rotatable bonds is 5. The molecule has 0 aliphatic carbocycles. The van der Waals surface area contributed by atoms with E-state index in [4.69, 9.17) is 0 Å². The van der Waals surface area contributed by atoms with Gasteiger partial charge in [0.25, 0.3) is 0 Å². The van der Waals surface area contributed by atoms with Crippen LogP contribution >= 0.6 is 0 Å². The number of hydrogen-bond acceptors (Lipinski definition) is 0. The molecule has 0 heteroatoms. The molecule has 0 aromatic heterocycles. The van der Waals surface area contributed by atoms with Crippen LogP contribution in [-0.2, 0) is 0 Å². The van der Waals surface area contributed by atoms with Crippen molar-refractivity contribution in [2.45, 2.75) is 6.92 Å². The van der Waals surface area contributed by atoms with E-state index in [0.29, 0.717) is 0 Å². The standard InChI is InChI=1S/C37H28/c1-4-32-33(5-2)37(35-16-9-8-15-34(35)36(32)27-19-17-25(3)18-20-27)31-14-10-13-29(24-31)30-22-21-26-11-6-7-12-28(26)23-30/h4-24H,1-2H2,3H3. The zero-order valence-electron chi connectivity index (χ0n) is 21.0. The van der Waals surface area contributed by atoms with Gasteiger partial charge in [-0.25, -0.2) is 0 Å². The highest BCUT2D eigenvalue weighted by atomic mass is 14.2. The minimum Gasteiger partial charge on any atom is -0.0984 e. The Morgan fingerprint density at radius 3 is 1.68 bits per heavy atom. The first-order valence-corrected chi connectivity index (χ1v) is 12.7. The Morgan fingerprint density at radius 2 is 1.00 bits per heavy atom. The van der Waals surface area contributed by atoms with Gasteiger partial charge in [0.15, 0.2) is 0 Å². The number of fused-ring (bicyclic) bond motifs is 2. The maximum absolute atomic E-state index is 4.25. The summed E-state index contributed by atoms with van der Waals surface area (Å²) in [4.78, 5) is 0. The van der Waals surface area contributed by atoms with Gasteiger partial charge in [-0.05, 0) is 85.1 Å². The maximum atomic E-state index is 4.25. The molecule has 0 saturated carbocycles. The third-order valence-corrected chi connectivity index (χ3v) is 7.28. The van der Waals surface area contributed by atoms with Crippen LogP contribution in [0.5, 0.6) is 0 Å². The second kappa shape index (κ2) is 9.41. The van der Waals surface area contributed by atoms with Crippen molar-refractivity contribution in [1.82, 2.24) is 0 Å². The summed E-state index contributed by atoms with van der Waals surface area (Å²) in [6, 6.07) is 41.5. The minimum absolute atomic E-state index is 1.11. The molecule has 0 unspecified atom stereocenters. The summed E-state index contributed by atoms with van der Waals surface area (Å²) < 4.78 is 0. The molecule has 0 saturated heterocycles. The Balaban J connectivity index is 1.62. The van der Waals surface area contributed by atoms with Crippen LogP contribution in [-0.4, -0.2) is 0 Å². The van der Waals surface area contributed by atoms with Gasteiger partial charge in [-0.1, -0.05) is 134 Å². The van der Waals surface area contributed by atoms with E-state index >= 15 is 0 Å². The number of benzene rings is 6. The molecule has 0 nitrogen and oxygen atoms in total. The van der Waals surface area contributed by atoms with Crippen LogP contribution < -0.4 is 0 Å². The van der Waals surface area contributed by atoms with Gasteiger partial charge in [0.05, 0.1) is 0 Å². The molecule has 0 N–H and O–H groups in total. The van der Waals surface area contributed by atoms with Crippen molar-refractivity contribution in [2.75, 3.05) is 0 Å².